The highest BCUT2D eigenvalue weighted by molar-refractivity contribution is 6.39. The average molecular weight is 466 g/mol. The quantitative estimate of drug-likeness (QED) is 0.479. The maximum atomic E-state index is 13.2. The number of halogens is 1. The summed E-state index contributed by atoms with van der Waals surface area (Å²) in [6, 6.07) is 11.9. The molecule has 0 spiro atoms. The number of nitrogens with zero attached hydrogens (tertiary/aromatic N) is 2. The van der Waals surface area contributed by atoms with Gasteiger partial charge < -0.3 is 4.90 Å². The minimum atomic E-state index is -0.793. The fourth-order valence-electron chi connectivity index (χ4n) is 5.21. The lowest BCUT2D eigenvalue weighted by Gasteiger charge is -2.50. The van der Waals surface area contributed by atoms with Crippen molar-refractivity contribution in [3.05, 3.63) is 64.2 Å². The zero-order valence-corrected chi connectivity index (χ0v) is 20.2. The average Bonchev–Trinajstić information content (AvgIpc) is 2.70. The number of amides is 4. The molecule has 6 nitrogen and oxygen atoms in total. The second-order valence-corrected chi connectivity index (χ2v) is 10.1. The van der Waals surface area contributed by atoms with Crippen LogP contribution in [0, 0.1) is 0 Å². The molecule has 0 radical (unpaired) electrons. The SMILES string of the molecule is CC(C)N1c2ccc(/C=C3\C(=O)NC(=O)N(c4cccc(Cl)c4)C3=O)cc2[C@@H](C)CC1(C)C. The van der Waals surface area contributed by atoms with E-state index >= 15 is 0 Å². The highest BCUT2D eigenvalue weighted by Gasteiger charge is 2.39. The number of imide groups is 2. The summed E-state index contributed by atoms with van der Waals surface area (Å²) in [7, 11) is 0. The van der Waals surface area contributed by atoms with Crippen molar-refractivity contribution in [2.75, 3.05) is 9.80 Å². The first-order chi connectivity index (χ1) is 15.5. The first kappa shape index (κ1) is 23.1. The van der Waals surface area contributed by atoms with Gasteiger partial charge in [-0.1, -0.05) is 30.7 Å². The van der Waals surface area contributed by atoms with E-state index in [4.69, 9.17) is 11.6 Å². The zero-order chi connectivity index (χ0) is 24.1. The topological polar surface area (TPSA) is 69.7 Å². The molecule has 33 heavy (non-hydrogen) atoms. The van der Waals surface area contributed by atoms with E-state index in [1.54, 1.807) is 24.3 Å². The van der Waals surface area contributed by atoms with Crippen LogP contribution in [0.4, 0.5) is 16.2 Å². The van der Waals surface area contributed by atoms with Gasteiger partial charge in [-0.05, 0) is 87.6 Å². The highest BCUT2D eigenvalue weighted by atomic mass is 35.5. The molecular formula is C26H28ClN3O3. The van der Waals surface area contributed by atoms with Crippen LogP contribution in [0.1, 0.15) is 58.1 Å². The van der Waals surface area contributed by atoms with Crippen LogP contribution in [0.25, 0.3) is 6.08 Å². The van der Waals surface area contributed by atoms with Crippen molar-refractivity contribution in [2.24, 2.45) is 0 Å². The molecule has 1 fully saturated rings. The van der Waals surface area contributed by atoms with E-state index in [9.17, 15) is 14.4 Å². The third-order valence-electron chi connectivity index (χ3n) is 6.30. The van der Waals surface area contributed by atoms with Gasteiger partial charge in [0.05, 0.1) is 5.69 Å². The van der Waals surface area contributed by atoms with Gasteiger partial charge in [0.2, 0.25) is 0 Å². The number of rotatable bonds is 3. The summed E-state index contributed by atoms with van der Waals surface area (Å²) < 4.78 is 0. The number of hydrogen-bond donors (Lipinski definition) is 1. The summed E-state index contributed by atoms with van der Waals surface area (Å²) in [5, 5.41) is 2.65. The Morgan fingerprint density at radius 1 is 1.12 bits per heavy atom. The molecule has 0 aromatic heterocycles. The lowest BCUT2D eigenvalue weighted by atomic mass is 9.78. The van der Waals surface area contributed by atoms with Crippen molar-refractivity contribution in [3.63, 3.8) is 0 Å². The molecule has 2 heterocycles. The van der Waals surface area contributed by atoms with Gasteiger partial charge in [0.1, 0.15) is 5.57 Å². The summed E-state index contributed by atoms with van der Waals surface area (Å²) >= 11 is 6.03. The summed E-state index contributed by atoms with van der Waals surface area (Å²) in [6.45, 7) is 11.1. The van der Waals surface area contributed by atoms with Crippen LogP contribution in [0.15, 0.2) is 48.0 Å². The second-order valence-electron chi connectivity index (χ2n) is 9.64. The Hall–Kier alpha value is -3.12. The lowest BCUT2D eigenvalue weighted by molar-refractivity contribution is -0.122. The van der Waals surface area contributed by atoms with E-state index in [-0.39, 0.29) is 11.1 Å². The van der Waals surface area contributed by atoms with Crippen molar-refractivity contribution >= 4 is 46.9 Å². The smallest absolute Gasteiger partial charge is 0.335 e. The van der Waals surface area contributed by atoms with E-state index in [2.05, 4.69) is 50.9 Å². The first-order valence-electron chi connectivity index (χ1n) is 11.1. The molecule has 1 atom stereocenters. The van der Waals surface area contributed by atoms with Gasteiger partial charge in [0.15, 0.2) is 0 Å². The van der Waals surface area contributed by atoms with E-state index in [0.29, 0.717) is 22.7 Å². The van der Waals surface area contributed by atoms with Crippen LogP contribution in [0.2, 0.25) is 5.02 Å². The predicted octanol–water partition coefficient (Wildman–Crippen LogP) is 5.51. The molecule has 2 aliphatic heterocycles. The minimum absolute atomic E-state index is 0.0254. The van der Waals surface area contributed by atoms with Crippen molar-refractivity contribution in [2.45, 2.75) is 58.5 Å². The Kier molecular flexibility index (Phi) is 5.83. The first-order valence-corrected chi connectivity index (χ1v) is 11.5. The number of carbonyl (C=O) groups excluding carboxylic acids is 3. The number of hydrogen-bond acceptors (Lipinski definition) is 4. The molecule has 2 aromatic rings. The Bertz CT molecular complexity index is 1190. The third-order valence-corrected chi connectivity index (χ3v) is 6.53. The van der Waals surface area contributed by atoms with E-state index in [0.717, 1.165) is 16.9 Å². The van der Waals surface area contributed by atoms with Gasteiger partial charge in [-0.15, -0.1) is 0 Å². The Morgan fingerprint density at radius 2 is 1.85 bits per heavy atom. The van der Waals surface area contributed by atoms with Crippen LogP contribution in [0.3, 0.4) is 0 Å². The van der Waals surface area contributed by atoms with Gasteiger partial charge >= 0.3 is 6.03 Å². The molecule has 0 aliphatic carbocycles. The summed E-state index contributed by atoms with van der Waals surface area (Å²) in [5.41, 5.74) is 3.33. The number of carbonyl (C=O) groups is 3. The number of anilines is 2. The van der Waals surface area contributed by atoms with Crippen LogP contribution < -0.4 is 15.1 Å². The monoisotopic (exact) mass is 465 g/mol. The van der Waals surface area contributed by atoms with E-state index in [1.807, 2.05) is 12.1 Å². The van der Waals surface area contributed by atoms with Crippen LogP contribution in [-0.4, -0.2) is 29.4 Å². The molecule has 172 valence electrons. The van der Waals surface area contributed by atoms with Crippen LogP contribution >= 0.6 is 11.6 Å². The molecule has 0 bridgehead atoms. The van der Waals surface area contributed by atoms with Gasteiger partial charge in [-0.25, -0.2) is 9.69 Å². The number of benzene rings is 2. The minimum Gasteiger partial charge on any atom is -0.364 e. The maximum absolute atomic E-state index is 13.2. The Morgan fingerprint density at radius 3 is 2.52 bits per heavy atom. The van der Waals surface area contributed by atoms with Crippen molar-refractivity contribution in [1.82, 2.24) is 5.32 Å². The highest BCUT2D eigenvalue weighted by Crippen LogP contribution is 2.44. The molecule has 2 aromatic carbocycles. The number of nitrogens with one attached hydrogen (secondary N) is 1. The molecule has 1 N–H and O–H groups in total. The molecule has 7 heteroatoms. The van der Waals surface area contributed by atoms with Gasteiger partial charge in [0, 0.05) is 22.3 Å². The number of urea groups is 1. The van der Waals surface area contributed by atoms with Gasteiger partial charge in [-0.2, -0.15) is 0 Å². The largest absolute Gasteiger partial charge is 0.364 e. The molecule has 0 unspecified atom stereocenters. The summed E-state index contributed by atoms with van der Waals surface area (Å²) in [6.07, 6.45) is 2.54. The number of barbiturate groups is 1. The van der Waals surface area contributed by atoms with Crippen LogP contribution in [-0.2, 0) is 9.59 Å². The lowest BCUT2D eigenvalue weighted by Crippen LogP contribution is -2.54. The fraction of sp³-hybridized carbons (Fsp3) is 0.346. The van der Waals surface area contributed by atoms with Gasteiger partial charge in [-0.3, -0.25) is 14.9 Å². The summed E-state index contributed by atoms with van der Waals surface area (Å²) in [5.74, 6) is -1.07. The van der Waals surface area contributed by atoms with Crippen molar-refractivity contribution in [1.29, 1.82) is 0 Å². The second kappa shape index (κ2) is 8.34. The molecule has 4 amide bonds. The van der Waals surface area contributed by atoms with Crippen LogP contribution in [0.5, 0.6) is 0 Å². The third kappa shape index (κ3) is 4.15. The predicted molar refractivity (Wildman–Crippen MR) is 132 cm³/mol. The normalized spacial score (nSPS) is 21.5. The van der Waals surface area contributed by atoms with E-state index < -0.39 is 17.8 Å². The van der Waals surface area contributed by atoms with Gasteiger partial charge in [0.25, 0.3) is 11.8 Å². The van der Waals surface area contributed by atoms with E-state index in [1.165, 1.54) is 17.3 Å². The summed E-state index contributed by atoms with van der Waals surface area (Å²) in [4.78, 5) is 41.5. The Balaban J connectivity index is 1.74. The fourth-order valence-corrected chi connectivity index (χ4v) is 5.40. The maximum Gasteiger partial charge on any atom is 0.335 e. The van der Waals surface area contributed by atoms with Crippen molar-refractivity contribution in [3.8, 4) is 0 Å². The standard InChI is InChI=1S/C26H28ClN3O3/c1-15(2)30-22-10-9-17(11-20(22)16(3)14-26(30,4)5)12-21-23(31)28-25(33)29(24(21)32)19-8-6-7-18(27)13-19/h6-13,15-16H,14H2,1-5H3,(H,28,31,33)/b21-12+/t16-/m0/s1. The molecule has 4 rings (SSSR count). The molecular weight excluding hydrogens is 438 g/mol. The van der Waals surface area contributed by atoms with Crippen molar-refractivity contribution < 1.29 is 14.4 Å². The zero-order valence-electron chi connectivity index (χ0n) is 19.5. The molecule has 1 saturated heterocycles. The number of fused-ring (bicyclic) bond motifs is 1. The molecule has 2 aliphatic rings. The Labute approximate surface area is 199 Å². The molecule has 0 saturated carbocycles.